The van der Waals surface area contributed by atoms with Gasteiger partial charge in [0.05, 0.1) is 6.04 Å². The van der Waals surface area contributed by atoms with Crippen molar-refractivity contribution in [3.63, 3.8) is 0 Å². The Balaban J connectivity index is 2.68. The fraction of sp³-hybridized carbons (Fsp3) is 0.923. The quantitative estimate of drug-likeness (QED) is 0.796. The minimum atomic E-state index is 0.0384. The number of nitrogens with zero attached hydrogens (tertiary/aromatic N) is 1. The Kier molecular flexibility index (Phi) is 5.26. The van der Waals surface area contributed by atoms with Crippen LogP contribution < -0.4 is 5.32 Å². The van der Waals surface area contributed by atoms with Crippen LogP contribution in [0.5, 0.6) is 0 Å². The second-order valence-corrected chi connectivity index (χ2v) is 5.16. The van der Waals surface area contributed by atoms with Crippen LogP contribution in [0, 0.1) is 0 Å². The van der Waals surface area contributed by atoms with E-state index in [1.54, 1.807) is 0 Å². The lowest BCUT2D eigenvalue weighted by atomic mass is 10.1. The third-order valence-corrected chi connectivity index (χ3v) is 3.38. The first-order valence-electron chi connectivity index (χ1n) is 6.62. The summed E-state index contributed by atoms with van der Waals surface area (Å²) in [5.74, 6) is 0.306. The fourth-order valence-electron chi connectivity index (χ4n) is 2.28. The van der Waals surface area contributed by atoms with Gasteiger partial charge in [-0.3, -0.25) is 4.79 Å². The molecule has 3 heteroatoms. The maximum Gasteiger partial charge on any atom is 0.239 e. The van der Waals surface area contributed by atoms with E-state index in [9.17, 15) is 4.79 Å². The van der Waals surface area contributed by atoms with Gasteiger partial charge in [-0.15, -0.1) is 0 Å². The lowest BCUT2D eigenvalue weighted by molar-refractivity contribution is -0.135. The fourth-order valence-corrected chi connectivity index (χ4v) is 2.28. The second-order valence-electron chi connectivity index (χ2n) is 5.16. The molecule has 1 N–H and O–H groups in total. The molecule has 94 valence electrons. The van der Waals surface area contributed by atoms with E-state index < -0.39 is 0 Å². The molecule has 1 saturated heterocycles. The average molecular weight is 226 g/mol. The van der Waals surface area contributed by atoms with Gasteiger partial charge in [-0.2, -0.15) is 0 Å². The topological polar surface area (TPSA) is 32.3 Å². The summed E-state index contributed by atoms with van der Waals surface area (Å²) in [6, 6.07) is 0.796. The summed E-state index contributed by atoms with van der Waals surface area (Å²) in [5, 5.41) is 3.39. The van der Waals surface area contributed by atoms with Gasteiger partial charge in [-0.25, -0.2) is 0 Å². The zero-order valence-electron chi connectivity index (χ0n) is 11.1. The van der Waals surface area contributed by atoms with Crippen LogP contribution in [0.1, 0.15) is 53.4 Å². The first-order chi connectivity index (χ1) is 7.56. The molecule has 0 aliphatic carbocycles. The van der Waals surface area contributed by atoms with Crippen LogP contribution in [0.15, 0.2) is 0 Å². The predicted molar refractivity (Wildman–Crippen MR) is 67.4 cm³/mol. The van der Waals surface area contributed by atoms with Crippen LogP contribution in [-0.4, -0.2) is 35.5 Å². The number of likely N-dealkylation sites (tertiary alicyclic amines) is 1. The Morgan fingerprint density at radius 2 is 2.06 bits per heavy atom. The van der Waals surface area contributed by atoms with Gasteiger partial charge in [0.1, 0.15) is 0 Å². The molecule has 0 aromatic carbocycles. The Morgan fingerprint density at radius 3 is 2.62 bits per heavy atom. The van der Waals surface area contributed by atoms with Crippen LogP contribution in [-0.2, 0) is 4.79 Å². The number of carbonyl (C=O) groups is 1. The van der Waals surface area contributed by atoms with Gasteiger partial charge >= 0.3 is 0 Å². The molecular weight excluding hydrogens is 200 g/mol. The van der Waals surface area contributed by atoms with E-state index in [0.29, 0.717) is 18.0 Å². The summed E-state index contributed by atoms with van der Waals surface area (Å²) in [6.45, 7) is 9.44. The van der Waals surface area contributed by atoms with Gasteiger partial charge in [-0.1, -0.05) is 20.8 Å². The smallest absolute Gasteiger partial charge is 0.239 e. The van der Waals surface area contributed by atoms with Gasteiger partial charge < -0.3 is 10.2 Å². The molecule has 0 saturated carbocycles. The molecule has 3 nitrogen and oxygen atoms in total. The largest absolute Gasteiger partial charge is 0.339 e. The highest BCUT2D eigenvalue weighted by Gasteiger charge is 2.29. The van der Waals surface area contributed by atoms with E-state index >= 15 is 0 Å². The van der Waals surface area contributed by atoms with Gasteiger partial charge in [-0.05, 0) is 32.6 Å². The number of nitrogens with one attached hydrogen (secondary N) is 1. The molecule has 1 rings (SSSR count). The van der Waals surface area contributed by atoms with Crippen LogP contribution in [0.25, 0.3) is 0 Å². The highest BCUT2D eigenvalue weighted by molar-refractivity contribution is 5.82. The van der Waals surface area contributed by atoms with E-state index in [-0.39, 0.29) is 6.04 Å². The van der Waals surface area contributed by atoms with Gasteiger partial charge in [0.25, 0.3) is 0 Å². The van der Waals surface area contributed by atoms with Crippen molar-refractivity contribution in [2.75, 3.05) is 6.54 Å². The molecule has 0 aromatic heterocycles. The highest BCUT2D eigenvalue weighted by atomic mass is 16.2. The summed E-state index contributed by atoms with van der Waals surface area (Å²) in [7, 11) is 0. The number of carbonyl (C=O) groups excluding carboxylic acids is 1. The molecule has 1 amide bonds. The molecule has 2 atom stereocenters. The van der Waals surface area contributed by atoms with Crippen molar-refractivity contribution in [2.45, 2.75) is 71.5 Å². The van der Waals surface area contributed by atoms with Crippen molar-refractivity contribution < 1.29 is 4.79 Å². The number of hydrogen-bond acceptors (Lipinski definition) is 2. The highest BCUT2D eigenvalue weighted by Crippen LogP contribution is 2.16. The molecule has 0 radical (unpaired) electrons. The van der Waals surface area contributed by atoms with Crippen molar-refractivity contribution in [2.24, 2.45) is 0 Å². The molecule has 0 aromatic rings. The Bertz CT molecular complexity index is 228. The summed E-state index contributed by atoms with van der Waals surface area (Å²) in [5.41, 5.74) is 0. The van der Waals surface area contributed by atoms with E-state index in [4.69, 9.17) is 0 Å². The van der Waals surface area contributed by atoms with Crippen LogP contribution in [0.4, 0.5) is 0 Å². The maximum absolute atomic E-state index is 12.3. The minimum Gasteiger partial charge on any atom is -0.339 e. The number of rotatable bonds is 4. The van der Waals surface area contributed by atoms with Crippen molar-refractivity contribution >= 4 is 5.91 Å². The summed E-state index contributed by atoms with van der Waals surface area (Å²) in [4.78, 5) is 14.4. The number of hydrogen-bond donors (Lipinski definition) is 1. The van der Waals surface area contributed by atoms with Crippen LogP contribution >= 0.6 is 0 Å². The summed E-state index contributed by atoms with van der Waals surface area (Å²) in [6.07, 6.45) is 4.33. The normalized spacial score (nSPS) is 24.7. The van der Waals surface area contributed by atoms with E-state index in [1.165, 1.54) is 0 Å². The Labute approximate surface area is 99.6 Å². The summed E-state index contributed by atoms with van der Waals surface area (Å²) >= 11 is 0. The monoisotopic (exact) mass is 226 g/mol. The van der Waals surface area contributed by atoms with Crippen molar-refractivity contribution in [1.82, 2.24) is 10.2 Å². The Morgan fingerprint density at radius 1 is 1.38 bits per heavy atom. The molecular formula is C13H26N2O. The molecule has 1 fully saturated rings. The molecule has 0 bridgehead atoms. The zero-order chi connectivity index (χ0) is 12.1. The van der Waals surface area contributed by atoms with Crippen molar-refractivity contribution in [3.8, 4) is 0 Å². The second kappa shape index (κ2) is 6.24. The first kappa shape index (κ1) is 13.5. The molecule has 1 aliphatic rings. The third-order valence-electron chi connectivity index (χ3n) is 3.38. The van der Waals surface area contributed by atoms with Crippen LogP contribution in [0.2, 0.25) is 0 Å². The molecule has 1 heterocycles. The van der Waals surface area contributed by atoms with Gasteiger partial charge in [0, 0.05) is 18.6 Å². The lowest BCUT2D eigenvalue weighted by Crippen LogP contribution is -2.50. The van der Waals surface area contributed by atoms with Crippen molar-refractivity contribution in [1.29, 1.82) is 0 Å². The molecule has 16 heavy (non-hydrogen) atoms. The third kappa shape index (κ3) is 3.48. The molecule has 0 spiro atoms. The zero-order valence-corrected chi connectivity index (χ0v) is 11.1. The van der Waals surface area contributed by atoms with E-state index in [0.717, 1.165) is 32.2 Å². The van der Waals surface area contributed by atoms with Crippen molar-refractivity contribution in [3.05, 3.63) is 0 Å². The molecule has 1 aliphatic heterocycles. The lowest BCUT2D eigenvalue weighted by Gasteiger charge is -2.30. The number of amides is 1. The average Bonchev–Trinajstić information content (AvgIpc) is 2.41. The first-order valence-corrected chi connectivity index (χ1v) is 6.62. The van der Waals surface area contributed by atoms with E-state index in [2.05, 4.69) is 37.9 Å². The van der Waals surface area contributed by atoms with Crippen LogP contribution in [0.3, 0.4) is 0 Å². The van der Waals surface area contributed by atoms with E-state index in [1.807, 2.05) is 0 Å². The maximum atomic E-state index is 12.3. The standard InChI is InChI=1S/C13H26N2O/c1-5-11(4)15-9-7-6-8-12(13(15)16)14-10(2)3/h10-12,14H,5-9H2,1-4H3/t11-,12+/m1/s1. The molecule has 0 unspecified atom stereocenters. The predicted octanol–water partition coefficient (Wildman–Crippen LogP) is 2.16. The summed E-state index contributed by atoms with van der Waals surface area (Å²) < 4.78 is 0. The SMILES string of the molecule is CC[C@@H](C)N1CCCC[C@H](NC(C)C)C1=O. The van der Waals surface area contributed by atoms with Gasteiger partial charge in [0.2, 0.25) is 5.91 Å². The minimum absolute atomic E-state index is 0.0384. The van der Waals surface area contributed by atoms with Gasteiger partial charge in [0.15, 0.2) is 0 Å². The Hall–Kier alpha value is -0.570.